The molecule has 0 radical (unpaired) electrons. The number of nitrogens with one attached hydrogen (secondary N) is 1. The zero-order valence-corrected chi connectivity index (χ0v) is 24.1. The molecule has 2 N–H and O–H groups in total. The Hall–Kier alpha value is -3.63. The van der Waals surface area contributed by atoms with Gasteiger partial charge in [0, 0.05) is 40.9 Å². The first kappa shape index (κ1) is 28.9. The van der Waals surface area contributed by atoms with E-state index in [2.05, 4.69) is 10.3 Å². The minimum atomic E-state index is -1.38. The molecule has 0 saturated carbocycles. The van der Waals surface area contributed by atoms with Crippen molar-refractivity contribution in [1.82, 2.24) is 19.6 Å². The van der Waals surface area contributed by atoms with Crippen LogP contribution in [0.4, 0.5) is 4.39 Å². The average molecular weight is 573 g/mol. The van der Waals surface area contributed by atoms with Gasteiger partial charge >= 0.3 is 0 Å². The smallest absolute Gasteiger partial charge is 0.270 e. The molecular weight excluding hydrogens is 539 g/mol. The molecule has 1 unspecified atom stereocenters. The number of rotatable bonds is 8. The van der Waals surface area contributed by atoms with E-state index in [0.29, 0.717) is 35.3 Å². The number of aliphatic hydroxyl groups excluding tert-OH is 1. The van der Waals surface area contributed by atoms with E-state index in [1.54, 1.807) is 30.5 Å². The Morgan fingerprint density at radius 1 is 1.10 bits per heavy atom. The van der Waals surface area contributed by atoms with Crippen molar-refractivity contribution < 1.29 is 18.8 Å². The number of pyridine rings is 2. The van der Waals surface area contributed by atoms with Gasteiger partial charge in [0.05, 0.1) is 30.5 Å². The molecule has 4 aromatic rings. The van der Waals surface area contributed by atoms with E-state index in [9.17, 15) is 18.8 Å². The van der Waals surface area contributed by atoms with Gasteiger partial charge in [-0.3, -0.25) is 9.78 Å². The molecule has 0 fully saturated rings. The monoisotopic (exact) mass is 572 g/mol. The molecule has 5 rings (SSSR count). The van der Waals surface area contributed by atoms with Crippen molar-refractivity contribution in [2.75, 3.05) is 6.61 Å². The number of fused-ring (bicyclic) bond motifs is 1. The summed E-state index contributed by atoms with van der Waals surface area (Å²) in [4.78, 5) is 22.5. The molecule has 1 amide bonds. The van der Waals surface area contributed by atoms with Gasteiger partial charge in [0.1, 0.15) is 16.3 Å². The van der Waals surface area contributed by atoms with Crippen LogP contribution in [-0.4, -0.2) is 41.2 Å². The number of carbonyl (C=O) groups is 1. The third-order valence-electron chi connectivity index (χ3n) is 7.00. The summed E-state index contributed by atoms with van der Waals surface area (Å²) in [6.07, 6.45) is 2.02. The van der Waals surface area contributed by atoms with Crippen molar-refractivity contribution in [3.63, 3.8) is 0 Å². The molecule has 2 aromatic heterocycles. The van der Waals surface area contributed by atoms with Gasteiger partial charge in [0.15, 0.2) is 0 Å². The summed E-state index contributed by atoms with van der Waals surface area (Å²) in [5, 5.41) is 12.9. The molecular formula is C32H33FN4O3S. The Kier molecular flexibility index (Phi) is 8.51. The number of nitrogens with zero attached hydrogens (tertiary/aromatic N) is 3. The fraction of sp³-hybridized carbons (Fsp3) is 0.281. The van der Waals surface area contributed by atoms with Gasteiger partial charge < -0.3 is 15.0 Å². The summed E-state index contributed by atoms with van der Waals surface area (Å²) in [5.41, 5.74) is 4.97. The Balaban J connectivity index is 1.61. The zero-order valence-electron chi connectivity index (χ0n) is 23.3. The second-order valence-corrected chi connectivity index (χ2v) is 13.2. The summed E-state index contributed by atoms with van der Waals surface area (Å²) >= 11 is -1.38. The van der Waals surface area contributed by atoms with Crippen LogP contribution in [0, 0.1) is 5.82 Å². The van der Waals surface area contributed by atoms with Gasteiger partial charge in [-0.15, -0.1) is 4.31 Å². The number of aromatic nitrogens is 2. The van der Waals surface area contributed by atoms with Crippen LogP contribution < -0.4 is 5.32 Å². The first-order valence-corrected chi connectivity index (χ1v) is 14.6. The van der Waals surface area contributed by atoms with Gasteiger partial charge in [-0.1, -0.05) is 42.5 Å². The van der Waals surface area contributed by atoms with Crippen LogP contribution in [0.5, 0.6) is 0 Å². The largest absolute Gasteiger partial charge is 0.597 e. The molecule has 7 nitrogen and oxygen atoms in total. The molecule has 0 spiro atoms. The maximum Gasteiger partial charge on any atom is 0.270 e. The average Bonchev–Trinajstić information content (AvgIpc) is 3.33. The molecule has 1 aliphatic rings. The predicted molar refractivity (Wildman–Crippen MR) is 158 cm³/mol. The lowest BCUT2D eigenvalue weighted by atomic mass is 9.94. The number of hydrogen-bond acceptors (Lipinski definition) is 6. The number of halogens is 1. The van der Waals surface area contributed by atoms with Gasteiger partial charge in [0.25, 0.3) is 5.91 Å². The fourth-order valence-electron chi connectivity index (χ4n) is 5.10. The second kappa shape index (κ2) is 12.1. The van der Waals surface area contributed by atoms with Crippen LogP contribution in [0.2, 0.25) is 0 Å². The van der Waals surface area contributed by atoms with Crippen molar-refractivity contribution >= 4 is 17.3 Å². The van der Waals surface area contributed by atoms with Gasteiger partial charge in [-0.25, -0.2) is 9.37 Å². The topological polar surface area (TPSA) is 101 Å². The summed E-state index contributed by atoms with van der Waals surface area (Å²) in [6.45, 7) is 6.21. The third-order valence-corrected chi connectivity index (χ3v) is 8.86. The van der Waals surface area contributed by atoms with Crippen LogP contribution in [-0.2, 0) is 24.5 Å². The van der Waals surface area contributed by atoms with Crippen molar-refractivity contribution in [3.8, 4) is 22.4 Å². The Bertz CT molecular complexity index is 1540. The lowest BCUT2D eigenvalue weighted by molar-refractivity contribution is 0.0945. The van der Waals surface area contributed by atoms with E-state index in [-0.39, 0.29) is 36.6 Å². The van der Waals surface area contributed by atoms with E-state index in [1.165, 1.54) is 6.07 Å². The van der Waals surface area contributed by atoms with Crippen molar-refractivity contribution in [3.05, 3.63) is 107 Å². The molecule has 212 valence electrons. The zero-order chi connectivity index (χ0) is 29.1. The van der Waals surface area contributed by atoms with Crippen molar-refractivity contribution in [2.45, 2.75) is 51.1 Å². The number of amides is 1. The number of benzene rings is 2. The van der Waals surface area contributed by atoms with Crippen LogP contribution in [0.1, 0.15) is 60.5 Å². The molecule has 1 aliphatic heterocycles. The first-order chi connectivity index (χ1) is 19.7. The number of hydrogen-bond donors (Lipinski definition) is 2. The fourth-order valence-corrected chi connectivity index (χ4v) is 6.50. The van der Waals surface area contributed by atoms with Gasteiger partial charge in [-0.2, -0.15) is 0 Å². The third kappa shape index (κ3) is 6.18. The standard InChI is InChI=1S/C32H33FN4O3S/c1-32(2,3)41(40)37-20-23-18-27(31(39)35-19-24-11-6-7-15-34-24)36-30(29(23)28(37)14-16-38)22-10-8-9-21(17-22)25-12-4-5-13-26(25)33/h4-13,15,17-18,28,38H,14,16,19-20H2,1-3H3,(H,35,39)/t28-,41?/m1/s1. The maximum absolute atomic E-state index is 14.7. The predicted octanol–water partition coefficient (Wildman–Crippen LogP) is 5.58. The second-order valence-electron chi connectivity index (χ2n) is 11.0. The molecule has 2 atom stereocenters. The Morgan fingerprint density at radius 3 is 2.56 bits per heavy atom. The molecule has 3 heterocycles. The molecule has 41 heavy (non-hydrogen) atoms. The highest BCUT2D eigenvalue weighted by atomic mass is 32.2. The molecule has 0 aliphatic carbocycles. The van der Waals surface area contributed by atoms with E-state index in [1.807, 2.05) is 67.5 Å². The molecule has 0 bridgehead atoms. The van der Waals surface area contributed by atoms with Crippen LogP contribution in [0.3, 0.4) is 0 Å². The summed E-state index contributed by atoms with van der Waals surface area (Å²) in [7, 11) is 0. The lowest BCUT2D eigenvalue weighted by Gasteiger charge is -2.33. The molecule has 9 heteroatoms. The van der Waals surface area contributed by atoms with E-state index in [4.69, 9.17) is 4.98 Å². The summed E-state index contributed by atoms with van der Waals surface area (Å²) in [6, 6.07) is 20.8. The van der Waals surface area contributed by atoms with Gasteiger partial charge in [-0.05, 0) is 68.7 Å². The highest BCUT2D eigenvalue weighted by molar-refractivity contribution is 7.90. The van der Waals surface area contributed by atoms with E-state index in [0.717, 1.165) is 16.8 Å². The normalized spacial score (nSPS) is 15.9. The highest BCUT2D eigenvalue weighted by Crippen LogP contribution is 2.45. The highest BCUT2D eigenvalue weighted by Gasteiger charge is 2.44. The summed E-state index contributed by atoms with van der Waals surface area (Å²) in [5.74, 6) is -0.700. The van der Waals surface area contributed by atoms with Crippen LogP contribution >= 0.6 is 0 Å². The van der Waals surface area contributed by atoms with E-state index >= 15 is 0 Å². The maximum atomic E-state index is 14.7. The number of aliphatic hydroxyl groups is 1. The van der Waals surface area contributed by atoms with Crippen molar-refractivity contribution in [2.24, 2.45) is 0 Å². The quantitative estimate of drug-likeness (QED) is 0.267. The van der Waals surface area contributed by atoms with E-state index < -0.39 is 16.1 Å². The number of carbonyl (C=O) groups excluding carboxylic acids is 1. The lowest BCUT2D eigenvalue weighted by Crippen LogP contribution is -2.42. The van der Waals surface area contributed by atoms with Crippen LogP contribution in [0.25, 0.3) is 22.4 Å². The van der Waals surface area contributed by atoms with Gasteiger partial charge in [0.2, 0.25) is 0 Å². The van der Waals surface area contributed by atoms with Crippen LogP contribution in [0.15, 0.2) is 79.0 Å². The molecule has 2 aromatic carbocycles. The SMILES string of the molecule is CC(C)(C)[S+]([O-])N1Cc2cc(C(=O)NCc3ccccn3)nc(-c3cccc(-c4ccccc4F)c3)c2[C@H]1CCO. The molecule has 0 saturated heterocycles. The minimum absolute atomic E-state index is 0.108. The minimum Gasteiger partial charge on any atom is -0.597 e. The summed E-state index contributed by atoms with van der Waals surface area (Å²) < 4.78 is 29.7. The first-order valence-electron chi connectivity index (χ1n) is 13.5. The van der Waals surface area contributed by atoms with Crippen molar-refractivity contribution in [1.29, 1.82) is 0 Å². The Morgan fingerprint density at radius 2 is 1.85 bits per heavy atom. The Labute approximate surface area is 242 Å².